The molecule has 220 valence electrons. The number of rotatable bonds is 6. The minimum Gasteiger partial charge on any atom is -0.341 e. The molecule has 2 amide bonds. The van der Waals surface area contributed by atoms with Gasteiger partial charge in [0.1, 0.15) is 11.6 Å². The van der Waals surface area contributed by atoms with Gasteiger partial charge in [0.05, 0.1) is 5.41 Å². The molecule has 0 radical (unpaired) electrons. The van der Waals surface area contributed by atoms with E-state index in [4.69, 9.17) is 0 Å². The summed E-state index contributed by atoms with van der Waals surface area (Å²) in [6.45, 7) is 4.29. The first kappa shape index (κ1) is 28.4. The summed E-state index contributed by atoms with van der Waals surface area (Å²) in [5.41, 5.74) is 1.54. The number of piperidine rings is 1. The maximum atomic E-state index is 14.4. The van der Waals surface area contributed by atoms with E-state index in [1.807, 2.05) is 0 Å². The van der Waals surface area contributed by atoms with Gasteiger partial charge in [-0.25, -0.2) is 17.6 Å². The van der Waals surface area contributed by atoms with Gasteiger partial charge >= 0.3 is 0 Å². The number of likely N-dealkylation sites (tertiary alicyclic amines) is 1. The average Bonchev–Trinajstić information content (AvgIpc) is 3.60. The molecule has 42 heavy (non-hydrogen) atoms. The lowest BCUT2D eigenvalue weighted by Gasteiger charge is -2.40. The lowest BCUT2D eigenvalue weighted by atomic mass is 9.74. The van der Waals surface area contributed by atoms with Crippen LogP contribution in [0.3, 0.4) is 0 Å². The fourth-order valence-electron chi connectivity index (χ4n) is 7.16. The summed E-state index contributed by atoms with van der Waals surface area (Å²) in [6.07, 6.45) is 1.96. The lowest BCUT2D eigenvalue weighted by Crippen LogP contribution is -2.47. The number of halogens is 4. The SMILES string of the molecule is CC(=O)N1CC2(CCN(C[C@@H]3C[C@@]3(C(=O)N(C)Cc3ccc(F)cc3)c3ccc(F)c(F)c3)CC2)c2cc(F)ccc21. The van der Waals surface area contributed by atoms with E-state index in [1.54, 1.807) is 41.1 Å². The van der Waals surface area contributed by atoms with Gasteiger partial charge in [0.25, 0.3) is 0 Å². The molecule has 2 fully saturated rings. The Bertz CT molecular complexity index is 1540. The highest BCUT2D eigenvalue weighted by Crippen LogP contribution is 2.57. The zero-order chi connectivity index (χ0) is 29.8. The topological polar surface area (TPSA) is 43.9 Å². The highest BCUT2D eigenvalue weighted by molar-refractivity contribution is 5.95. The van der Waals surface area contributed by atoms with Crippen molar-refractivity contribution in [2.75, 3.05) is 38.1 Å². The molecule has 5 nitrogen and oxygen atoms in total. The van der Waals surface area contributed by atoms with Crippen molar-refractivity contribution < 1.29 is 27.2 Å². The second kappa shape index (κ2) is 10.5. The largest absolute Gasteiger partial charge is 0.341 e. The number of carbonyl (C=O) groups is 2. The first-order valence-electron chi connectivity index (χ1n) is 14.3. The summed E-state index contributed by atoms with van der Waals surface area (Å²) in [4.78, 5) is 31.9. The van der Waals surface area contributed by atoms with E-state index < -0.39 is 17.0 Å². The zero-order valence-electron chi connectivity index (χ0n) is 23.7. The number of likely N-dealkylation sites (N-methyl/N-ethyl adjacent to an activating group) is 1. The monoisotopic (exact) mass is 579 g/mol. The Balaban J connectivity index is 1.20. The van der Waals surface area contributed by atoms with Crippen LogP contribution in [0.2, 0.25) is 0 Å². The quantitative estimate of drug-likeness (QED) is 0.360. The second-order valence-corrected chi connectivity index (χ2v) is 12.1. The zero-order valence-corrected chi connectivity index (χ0v) is 23.7. The molecule has 1 aliphatic carbocycles. The highest BCUT2D eigenvalue weighted by atomic mass is 19.2. The number of nitrogens with zero attached hydrogens (tertiary/aromatic N) is 3. The molecule has 0 unspecified atom stereocenters. The standard InChI is InChI=1S/C33H33F4N3O2/c1-21(41)40-20-32(27-16-26(35)8-10-30(27)40)11-13-39(14-12-32)19-24-17-33(24,23-5-9-28(36)29(37)15-23)31(42)38(2)18-22-3-6-25(34)7-4-22/h3-10,15-16,24H,11-14,17-20H2,1-2H3/t24-,33+/m0/s1. The van der Waals surface area contributed by atoms with E-state index in [0.717, 1.165) is 41.8 Å². The van der Waals surface area contributed by atoms with Crippen molar-refractivity contribution in [1.82, 2.24) is 9.80 Å². The van der Waals surface area contributed by atoms with Crippen LogP contribution >= 0.6 is 0 Å². The number of benzene rings is 3. The van der Waals surface area contributed by atoms with E-state index >= 15 is 0 Å². The molecule has 1 saturated carbocycles. The van der Waals surface area contributed by atoms with Gasteiger partial charge in [-0.15, -0.1) is 0 Å². The smallest absolute Gasteiger partial charge is 0.233 e. The Labute approximate surface area is 242 Å². The highest BCUT2D eigenvalue weighted by Gasteiger charge is 2.62. The molecule has 0 aromatic heterocycles. The fraction of sp³-hybridized carbons (Fsp3) is 0.394. The Morgan fingerprint density at radius 1 is 0.905 bits per heavy atom. The van der Waals surface area contributed by atoms with Crippen molar-refractivity contribution in [3.05, 3.63) is 101 Å². The molecule has 0 N–H and O–H groups in total. The molecule has 9 heteroatoms. The van der Waals surface area contributed by atoms with Crippen LogP contribution in [0.4, 0.5) is 23.2 Å². The predicted octanol–water partition coefficient (Wildman–Crippen LogP) is 5.56. The van der Waals surface area contributed by atoms with Gasteiger partial charge in [0.2, 0.25) is 11.8 Å². The Morgan fingerprint density at radius 3 is 2.26 bits per heavy atom. The number of anilines is 1. The molecule has 2 aliphatic heterocycles. The third-order valence-electron chi connectivity index (χ3n) is 9.55. The van der Waals surface area contributed by atoms with E-state index in [9.17, 15) is 27.2 Å². The molecule has 2 heterocycles. The molecule has 3 aromatic carbocycles. The summed E-state index contributed by atoms with van der Waals surface area (Å²) < 4.78 is 55.9. The summed E-state index contributed by atoms with van der Waals surface area (Å²) >= 11 is 0. The summed E-state index contributed by atoms with van der Waals surface area (Å²) in [5, 5.41) is 0. The van der Waals surface area contributed by atoms with Crippen molar-refractivity contribution in [3.8, 4) is 0 Å². The molecular weight excluding hydrogens is 546 g/mol. The van der Waals surface area contributed by atoms with Gasteiger partial charge in [-0.2, -0.15) is 0 Å². The van der Waals surface area contributed by atoms with Gasteiger partial charge in [0, 0.05) is 44.7 Å². The predicted molar refractivity (Wildman–Crippen MR) is 151 cm³/mol. The molecule has 0 bridgehead atoms. The second-order valence-electron chi connectivity index (χ2n) is 12.1. The van der Waals surface area contributed by atoms with Gasteiger partial charge in [-0.3, -0.25) is 9.59 Å². The molecular formula is C33H33F4N3O2. The number of hydrogen-bond donors (Lipinski definition) is 0. The van der Waals surface area contributed by atoms with Gasteiger partial charge in [-0.05, 0) is 97.4 Å². The lowest BCUT2D eigenvalue weighted by molar-refractivity contribution is -0.133. The third kappa shape index (κ3) is 4.87. The maximum absolute atomic E-state index is 14.4. The minimum atomic E-state index is -0.993. The summed E-state index contributed by atoms with van der Waals surface area (Å²) in [7, 11) is 1.67. The van der Waals surface area contributed by atoms with Crippen LogP contribution in [0.5, 0.6) is 0 Å². The molecule has 3 aromatic rings. The van der Waals surface area contributed by atoms with Crippen LogP contribution < -0.4 is 4.90 Å². The van der Waals surface area contributed by atoms with Crippen LogP contribution in [0.1, 0.15) is 42.9 Å². The van der Waals surface area contributed by atoms with Crippen LogP contribution in [0, 0.1) is 29.2 Å². The van der Waals surface area contributed by atoms with Crippen molar-refractivity contribution in [3.63, 3.8) is 0 Å². The van der Waals surface area contributed by atoms with Crippen LogP contribution in [-0.4, -0.2) is 54.8 Å². The van der Waals surface area contributed by atoms with Gasteiger partial charge in [-0.1, -0.05) is 18.2 Å². The minimum absolute atomic E-state index is 0.0697. The van der Waals surface area contributed by atoms with E-state index in [1.165, 1.54) is 31.2 Å². The first-order valence-corrected chi connectivity index (χ1v) is 14.3. The van der Waals surface area contributed by atoms with Gasteiger partial charge < -0.3 is 14.7 Å². The van der Waals surface area contributed by atoms with E-state index in [-0.39, 0.29) is 41.3 Å². The molecule has 1 saturated heterocycles. The Kier molecular flexibility index (Phi) is 7.12. The molecule has 2 atom stereocenters. The number of hydrogen-bond acceptors (Lipinski definition) is 3. The average molecular weight is 580 g/mol. The summed E-state index contributed by atoms with van der Waals surface area (Å²) in [5.74, 6) is -3.01. The van der Waals surface area contributed by atoms with Crippen LogP contribution in [-0.2, 0) is 27.0 Å². The van der Waals surface area contributed by atoms with Crippen molar-refractivity contribution >= 4 is 17.5 Å². The van der Waals surface area contributed by atoms with Crippen molar-refractivity contribution in [2.45, 2.75) is 43.6 Å². The van der Waals surface area contributed by atoms with E-state index in [0.29, 0.717) is 38.2 Å². The Morgan fingerprint density at radius 2 is 1.60 bits per heavy atom. The number of fused-ring (bicyclic) bond motifs is 2. The van der Waals surface area contributed by atoms with Gasteiger partial charge in [0.15, 0.2) is 11.6 Å². The normalized spacial score (nSPS) is 22.7. The van der Waals surface area contributed by atoms with Crippen LogP contribution in [0.15, 0.2) is 60.7 Å². The number of amides is 2. The number of carbonyl (C=O) groups excluding carboxylic acids is 2. The third-order valence-corrected chi connectivity index (χ3v) is 9.55. The Hall–Kier alpha value is -3.72. The van der Waals surface area contributed by atoms with E-state index in [2.05, 4.69) is 4.90 Å². The first-order chi connectivity index (χ1) is 20.0. The van der Waals surface area contributed by atoms with Crippen molar-refractivity contribution in [1.29, 1.82) is 0 Å². The van der Waals surface area contributed by atoms with Crippen LogP contribution in [0.25, 0.3) is 0 Å². The maximum Gasteiger partial charge on any atom is 0.233 e. The molecule has 6 rings (SSSR count). The molecule has 3 aliphatic rings. The molecule has 1 spiro atoms. The fourth-order valence-corrected chi connectivity index (χ4v) is 7.16. The summed E-state index contributed by atoms with van der Waals surface area (Å²) in [6, 6.07) is 14.2. The van der Waals surface area contributed by atoms with Crippen molar-refractivity contribution in [2.24, 2.45) is 5.92 Å².